The molecule has 4 aromatic rings. The molecule has 4 aromatic carbocycles. The lowest BCUT2D eigenvalue weighted by Crippen LogP contribution is -2.48. The quantitative estimate of drug-likeness (QED) is 0.183. The molecule has 8 heteroatoms. The van der Waals surface area contributed by atoms with Gasteiger partial charge in [-0.3, -0.25) is 9.59 Å². The highest BCUT2D eigenvalue weighted by Crippen LogP contribution is 2.45. The molecule has 0 aliphatic heterocycles. The molecule has 0 bridgehead atoms. The number of ether oxygens (including phenoxy) is 1. The van der Waals surface area contributed by atoms with E-state index in [2.05, 4.69) is 24.3 Å². The van der Waals surface area contributed by atoms with Crippen LogP contribution in [0.1, 0.15) is 52.5 Å². The minimum absolute atomic E-state index is 0.0789. The van der Waals surface area contributed by atoms with E-state index in [9.17, 15) is 19.5 Å². The van der Waals surface area contributed by atoms with E-state index >= 15 is 0 Å². The van der Waals surface area contributed by atoms with Gasteiger partial charge in [-0.1, -0.05) is 96.5 Å². The Labute approximate surface area is 280 Å². The first kappa shape index (κ1) is 32.3. The minimum atomic E-state index is -1.00. The van der Waals surface area contributed by atoms with E-state index in [-0.39, 0.29) is 37.3 Å². The van der Waals surface area contributed by atoms with E-state index in [0.717, 1.165) is 46.2 Å². The number of hydrogen-bond acceptors (Lipinski definition) is 4. The van der Waals surface area contributed by atoms with Crippen molar-refractivity contribution < 1.29 is 24.2 Å². The fourth-order valence-corrected chi connectivity index (χ4v) is 7.47. The summed E-state index contributed by atoms with van der Waals surface area (Å²) in [6, 6.07) is 31.3. The van der Waals surface area contributed by atoms with Gasteiger partial charge >= 0.3 is 12.1 Å². The third-order valence-electron chi connectivity index (χ3n) is 9.79. The van der Waals surface area contributed by atoms with Crippen molar-refractivity contribution in [2.45, 2.75) is 43.6 Å². The van der Waals surface area contributed by atoms with E-state index in [1.165, 1.54) is 5.56 Å². The SMILES string of the molecule is CN(CC(Cc1ccc(Cl)cc1)N(C)C(=O)OCC1c2ccccc2-c2ccccc21)C(=O)C(CC(=O)O)[C@H]1CCc2ccccc21. The van der Waals surface area contributed by atoms with E-state index in [0.29, 0.717) is 11.4 Å². The molecule has 0 fully saturated rings. The maximum absolute atomic E-state index is 14.0. The predicted octanol–water partition coefficient (Wildman–Crippen LogP) is 7.41. The van der Waals surface area contributed by atoms with Crippen molar-refractivity contribution in [1.82, 2.24) is 9.80 Å². The molecule has 1 N–H and O–H groups in total. The van der Waals surface area contributed by atoms with E-state index < -0.39 is 24.0 Å². The fourth-order valence-electron chi connectivity index (χ4n) is 7.35. The number of fused-ring (bicyclic) bond motifs is 4. The Morgan fingerprint density at radius 1 is 0.851 bits per heavy atom. The molecule has 2 aliphatic rings. The molecule has 0 saturated heterocycles. The lowest BCUT2D eigenvalue weighted by Gasteiger charge is -2.34. The number of carboxylic acid groups (broad SMARTS) is 1. The third kappa shape index (κ3) is 6.91. The molecule has 0 heterocycles. The second-order valence-corrected chi connectivity index (χ2v) is 13.1. The second kappa shape index (κ2) is 14.0. The monoisotopic (exact) mass is 650 g/mol. The van der Waals surface area contributed by atoms with Gasteiger partial charge in [-0.2, -0.15) is 0 Å². The summed E-state index contributed by atoms with van der Waals surface area (Å²) in [5, 5.41) is 10.4. The highest BCUT2D eigenvalue weighted by atomic mass is 35.5. The summed E-state index contributed by atoms with van der Waals surface area (Å²) in [5.41, 5.74) is 7.73. The molecule has 0 radical (unpaired) electrons. The summed E-state index contributed by atoms with van der Waals surface area (Å²) in [6.07, 6.45) is 1.25. The smallest absolute Gasteiger partial charge is 0.409 e. The zero-order valence-corrected chi connectivity index (χ0v) is 27.4. The van der Waals surface area contributed by atoms with Crippen LogP contribution in [0.2, 0.25) is 5.02 Å². The Morgan fingerprint density at radius 2 is 1.45 bits per heavy atom. The average molecular weight is 651 g/mol. The van der Waals surface area contributed by atoms with Crippen molar-refractivity contribution in [3.05, 3.63) is 130 Å². The number of benzene rings is 4. The Bertz CT molecular complexity index is 1730. The maximum Gasteiger partial charge on any atom is 0.409 e. The lowest BCUT2D eigenvalue weighted by molar-refractivity contribution is -0.145. The molecule has 2 unspecified atom stereocenters. The predicted molar refractivity (Wildman–Crippen MR) is 183 cm³/mol. The van der Waals surface area contributed by atoms with Crippen LogP contribution < -0.4 is 0 Å². The largest absolute Gasteiger partial charge is 0.481 e. The number of nitrogens with zero attached hydrogens (tertiary/aromatic N) is 2. The van der Waals surface area contributed by atoms with Gasteiger partial charge in [0, 0.05) is 31.6 Å². The first-order valence-electron chi connectivity index (χ1n) is 16.1. The Hall–Kier alpha value is -4.62. The van der Waals surface area contributed by atoms with Crippen molar-refractivity contribution in [3.63, 3.8) is 0 Å². The molecule has 3 atom stereocenters. The van der Waals surface area contributed by atoms with Crippen molar-refractivity contribution in [3.8, 4) is 11.1 Å². The molecule has 6 rings (SSSR count). The zero-order valence-electron chi connectivity index (χ0n) is 26.6. The van der Waals surface area contributed by atoms with Gasteiger partial charge in [0.1, 0.15) is 6.61 Å². The molecule has 2 aliphatic carbocycles. The van der Waals surface area contributed by atoms with Gasteiger partial charge in [0.25, 0.3) is 0 Å². The summed E-state index contributed by atoms with van der Waals surface area (Å²) >= 11 is 6.15. The number of aliphatic carboxylic acids is 1. The summed E-state index contributed by atoms with van der Waals surface area (Å²) in [5.74, 6) is -2.21. The van der Waals surface area contributed by atoms with Crippen LogP contribution >= 0.6 is 11.6 Å². The summed E-state index contributed by atoms with van der Waals surface area (Å²) in [6.45, 7) is 0.383. The Morgan fingerprint density at radius 3 is 2.09 bits per heavy atom. The molecule has 242 valence electrons. The molecule has 0 aromatic heterocycles. The van der Waals surface area contributed by atoms with Crippen molar-refractivity contribution in [1.29, 1.82) is 0 Å². The standard InChI is InChI=1S/C39H39ClN2O5/c1-41(38(45)35(22-37(43)44)34-20-17-26-9-3-4-10-29(26)34)23-28(21-25-15-18-27(40)19-16-25)42(2)39(46)47-24-36-32-13-7-5-11-30(32)31-12-6-8-14-33(31)36/h3-16,18-19,28,34-36H,17,20-24H2,1-2H3,(H,43,44)/t28?,34-,35?/m0/s1. The summed E-state index contributed by atoms with van der Waals surface area (Å²) in [7, 11) is 3.39. The first-order chi connectivity index (χ1) is 22.7. The summed E-state index contributed by atoms with van der Waals surface area (Å²) in [4.78, 5) is 42.9. The zero-order chi connectivity index (χ0) is 33.1. The molecule has 0 spiro atoms. The normalized spacial score (nSPS) is 16.0. The number of carboxylic acids is 1. The van der Waals surface area contributed by atoms with Crippen molar-refractivity contribution in [2.24, 2.45) is 5.92 Å². The second-order valence-electron chi connectivity index (χ2n) is 12.7. The molecule has 2 amide bonds. The molecular weight excluding hydrogens is 612 g/mol. The van der Waals surface area contributed by atoms with Gasteiger partial charge in [-0.15, -0.1) is 0 Å². The molecular formula is C39H39ClN2O5. The van der Waals surface area contributed by atoms with Crippen LogP contribution in [0.3, 0.4) is 0 Å². The number of amides is 2. The Balaban J connectivity index is 1.20. The van der Waals surface area contributed by atoms with Gasteiger partial charge in [-0.25, -0.2) is 4.79 Å². The van der Waals surface area contributed by atoms with Gasteiger partial charge < -0.3 is 19.6 Å². The molecule has 7 nitrogen and oxygen atoms in total. The van der Waals surface area contributed by atoms with Crippen LogP contribution in [0.15, 0.2) is 97.1 Å². The maximum atomic E-state index is 14.0. The van der Waals surface area contributed by atoms with Gasteiger partial charge in [0.05, 0.1) is 18.4 Å². The first-order valence-corrected chi connectivity index (χ1v) is 16.5. The number of hydrogen-bond donors (Lipinski definition) is 1. The number of aryl methyl sites for hydroxylation is 1. The molecule has 47 heavy (non-hydrogen) atoms. The molecule has 0 saturated carbocycles. The fraction of sp³-hybridized carbons (Fsp3) is 0.308. The average Bonchev–Trinajstić information content (AvgIpc) is 3.65. The van der Waals surface area contributed by atoms with Crippen LogP contribution in [0, 0.1) is 5.92 Å². The van der Waals surface area contributed by atoms with E-state index in [1.807, 2.05) is 60.7 Å². The topological polar surface area (TPSA) is 87.2 Å². The van der Waals surface area contributed by atoms with Crippen molar-refractivity contribution in [2.75, 3.05) is 27.2 Å². The van der Waals surface area contributed by atoms with E-state index in [4.69, 9.17) is 16.3 Å². The summed E-state index contributed by atoms with van der Waals surface area (Å²) < 4.78 is 5.99. The number of carbonyl (C=O) groups is 3. The van der Waals surface area contributed by atoms with Crippen LogP contribution in [-0.2, 0) is 27.2 Å². The van der Waals surface area contributed by atoms with Crippen LogP contribution in [0.5, 0.6) is 0 Å². The van der Waals surface area contributed by atoms with Gasteiger partial charge in [0.2, 0.25) is 5.91 Å². The van der Waals surface area contributed by atoms with Crippen LogP contribution in [0.25, 0.3) is 11.1 Å². The minimum Gasteiger partial charge on any atom is -0.481 e. The lowest BCUT2D eigenvalue weighted by atomic mass is 9.84. The number of carbonyl (C=O) groups excluding carboxylic acids is 2. The number of rotatable bonds is 11. The van der Waals surface area contributed by atoms with Crippen LogP contribution in [0.4, 0.5) is 4.79 Å². The number of halogens is 1. The van der Waals surface area contributed by atoms with Crippen LogP contribution in [-0.4, -0.2) is 66.2 Å². The highest BCUT2D eigenvalue weighted by molar-refractivity contribution is 6.30. The van der Waals surface area contributed by atoms with Crippen molar-refractivity contribution >= 4 is 29.6 Å². The van der Waals surface area contributed by atoms with Gasteiger partial charge in [-0.05, 0) is 76.3 Å². The third-order valence-corrected chi connectivity index (χ3v) is 10.0. The van der Waals surface area contributed by atoms with E-state index in [1.54, 1.807) is 36.0 Å². The Kier molecular flexibility index (Phi) is 9.64. The van der Waals surface area contributed by atoms with Gasteiger partial charge in [0.15, 0.2) is 0 Å². The highest BCUT2D eigenvalue weighted by Gasteiger charge is 2.38. The number of likely N-dealkylation sites (N-methyl/N-ethyl adjacent to an activating group) is 2.